The molecule has 2 unspecified atom stereocenters. The van der Waals surface area contributed by atoms with Crippen LogP contribution in [0.2, 0.25) is 0 Å². The Hall–Kier alpha value is -1.63. The van der Waals surface area contributed by atoms with E-state index in [2.05, 4.69) is 32.1 Å². The van der Waals surface area contributed by atoms with Gasteiger partial charge in [0, 0.05) is 19.1 Å². The van der Waals surface area contributed by atoms with Gasteiger partial charge in [-0.15, -0.1) is 0 Å². The van der Waals surface area contributed by atoms with Crippen LogP contribution < -0.4 is 16.0 Å². The van der Waals surface area contributed by atoms with E-state index >= 15 is 0 Å². The maximum Gasteiger partial charge on any atom is 0.232 e. The Morgan fingerprint density at radius 3 is 2.70 bits per heavy atom. The van der Waals surface area contributed by atoms with Crippen molar-refractivity contribution in [1.82, 2.24) is 15.0 Å². The average Bonchev–Trinajstić information content (AvgIpc) is 2.84. The van der Waals surface area contributed by atoms with Crippen molar-refractivity contribution in [3.63, 3.8) is 0 Å². The van der Waals surface area contributed by atoms with Gasteiger partial charge in [-0.2, -0.15) is 15.0 Å². The number of nitrogens with one attached hydrogen (secondary N) is 1. The fraction of sp³-hybridized carbons (Fsp3) is 0.769. The number of aromatic nitrogens is 3. The molecular weight excluding hydrogens is 256 g/mol. The van der Waals surface area contributed by atoms with Crippen LogP contribution >= 0.6 is 0 Å². The minimum atomic E-state index is 0.273. The van der Waals surface area contributed by atoms with E-state index in [0.717, 1.165) is 19.0 Å². The molecule has 0 amide bonds. The zero-order chi connectivity index (χ0) is 13.9. The number of anilines is 3. The summed E-state index contributed by atoms with van der Waals surface area (Å²) in [6.45, 7) is 5.28. The summed E-state index contributed by atoms with van der Waals surface area (Å²) in [4.78, 5) is 15.0. The standard InChI is InChI=1S/C13H22N6O/c1-9-2-3-10(8-9)15-12-16-11(14)17-13(18-12)19-4-6-20-7-5-19/h9-10H,2-8H2,1H3,(H3,14,15,16,17,18). The highest BCUT2D eigenvalue weighted by Gasteiger charge is 2.23. The molecule has 1 aliphatic heterocycles. The summed E-state index contributed by atoms with van der Waals surface area (Å²) in [5, 5.41) is 3.39. The third-order valence-corrected chi connectivity index (χ3v) is 3.96. The summed E-state index contributed by atoms with van der Waals surface area (Å²) < 4.78 is 5.34. The lowest BCUT2D eigenvalue weighted by atomic mass is 10.1. The molecule has 7 heteroatoms. The first kappa shape index (κ1) is 13.4. The molecule has 1 saturated heterocycles. The Labute approximate surface area is 118 Å². The first-order valence-corrected chi connectivity index (χ1v) is 7.31. The fourth-order valence-electron chi connectivity index (χ4n) is 2.87. The molecular formula is C13H22N6O. The van der Waals surface area contributed by atoms with Gasteiger partial charge >= 0.3 is 0 Å². The third kappa shape index (κ3) is 3.09. The fourth-order valence-corrected chi connectivity index (χ4v) is 2.87. The van der Waals surface area contributed by atoms with Crippen LogP contribution in [-0.4, -0.2) is 47.3 Å². The summed E-state index contributed by atoms with van der Waals surface area (Å²) in [6.07, 6.45) is 3.59. The van der Waals surface area contributed by atoms with Gasteiger partial charge in [0.15, 0.2) is 0 Å². The molecule has 2 atom stereocenters. The minimum Gasteiger partial charge on any atom is -0.378 e. The molecule has 1 saturated carbocycles. The molecule has 110 valence electrons. The van der Waals surface area contributed by atoms with Crippen molar-refractivity contribution in [2.45, 2.75) is 32.2 Å². The summed E-state index contributed by atoms with van der Waals surface area (Å²) in [5.41, 5.74) is 5.81. The molecule has 3 N–H and O–H groups in total. The van der Waals surface area contributed by atoms with E-state index in [0.29, 0.717) is 31.2 Å². The van der Waals surface area contributed by atoms with Crippen LogP contribution in [0.5, 0.6) is 0 Å². The molecule has 0 bridgehead atoms. The second kappa shape index (κ2) is 5.78. The quantitative estimate of drug-likeness (QED) is 0.848. The summed E-state index contributed by atoms with van der Waals surface area (Å²) in [7, 11) is 0. The van der Waals surface area contributed by atoms with Crippen molar-refractivity contribution in [2.75, 3.05) is 42.3 Å². The number of nitrogens with two attached hydrogens (primary N) is 1. The number of morpholine rings is 1. The van der Waals surface area contributed by atoms with Crippen molar-refractivity contribution >= 4 is 17.8 Å². The number of ether oxygens (including phenoxy) is 1. The van der Waals surface area contributed by atoms with Crippen LogP contribution in [0.15, 0.2) is 0 Å². The van der Waals surface area contributed by atoms with Crippen LogP contribution in [0.4, 0.5) is 17.8 Å². The maximum absolute atomic E-state index is 5.81. The Balaban J connectivity index is 1.72. The zero-order valence-electron chi connectivity index (χ0n) is 11.9. The monoisotopic (exact) mass is 278 g/mol. The molecule has 7 nitrogen and oxygen atoms in total. The molecule has 0 spiro atoms. The lowest BCUT2D eigenvalue weighted by Gasteiger charge is -2.27. The van der Waals surface area contributed by atoms with Gasteiger partial charge in [-0.05, 0) is 25.2 Å². The van der Waals surface area contributed by atoms with Crippen LogP contribution in [0, 0.1) is 5.92 Å². The first-order chi connectivity index (χ1) is 9.70. The smallest absolute Gasteiger partial charge is 0.232 e. The molecule has 3 rings (SSSR count). The SMILES string of the molecule is CC1CCC(Nc2nc(N)nc(N3CCOCC3)n2)C1. The summed E-state index contributed by atoms with van der Waals surface area (Å²) >= 11 is 0. The average molecular weight is 278 g/mol. The molecule has 2 heterocycles. The topological polar surface area (TPSA) is 89.2 Å². The van der Waals surface area contributed by atoms with E-state index < -0.39 is 0 Å². The van der Waals surface area contributed by atoms with Crippen LogP contribution in [0.3, 0.4) is 0 Å². The number of hydrogen-bond acceptors (Lipinski definition) is 7. The molecule has 1 aliphatic carbocycles. The van der Waals surface area contributed by atoms with E-state index in [-0.39, 0.29) is 5.95 Å². The highest BCUT2D eigenvalue weighted by Crippen LogP contribution is 2.27. The Bertz CT molecular complexity index is 462. The van der Waals surface area contributed by atoms with Gasteiger partial charge in [-0.3, -0.25) is 0 Å². The number of nitrogen functional groups attached to an aromatic ring is 1. The second-order valence-corrected chi connectivity index (χ2v) is 5.68. The van der Waals surface area contributed by atoms with E-state index in [9.17, 15) is 0 Å². The van der Waals surface area contributed by atoms with Crippen LogP contribution in [-0.2, 0) is 4.74 Å². The van der Waals surface area contributed by atoms with Gasteiger partial charge < -0.3 is 20.7 Å². The predicted molar refractivity (Wildman–Crippen MR) is 77.7 cm³/mol. The van der Waals surface area contributed by atoms with Gasteiger partial charge in [0.2, 0.25) is 17.8 Å². The second-order valence-electron chi connectivity index (χ2n) is 5.68. The molecule has 0 aromatic carbocycles. The lowest BCUT2D eigenvalue weighted by molar-refractivity contribution is 0.122. The van der Waals surface area contributed by atoms with Crippen molar-refractivity contribution in [1.29, 1.82) is 0 Å². The lowest BCUT2D eigenvalue weighted by Crippen LogP contribution is -2.37. The Morgan fingerprint density at radius 2 is 2.00 bits per heavy atom. The number of nitrogens with zero attached hydrogens (tertiary/aromatic N) is 4. The largest absolute Gasteiger partial charge is 0.378 e. The molecule has 1 aromatic heterocycles. The summed E-state index contributed by atoms with van der Waals surface area (Å²) in [6, 6.07) is 0.448. The van der Waals surface area contributed by atoms with Crippen molar-refractivity contribution < 1.29 is 4.74 Å². The van der Waals surface area contributed by atoms with Gasteiger partial charge in [-0.1, -0.05) is 6.92 Å². The highest BCUT2D eigenvalue weighted by molar-refractivity contribution is 5.42. The van der Waals surface area contributed by atoms with Crippen molar-refractivity contribution in [2.24, 2.45) is 5.92 Å². The van der Waals surface area contributed by atoms with E-state index in [1.165, 1.54) is 19.3 Å². The van der Waals surface area contributed by atoms with Gasteiger partial charge in [0.1, 0.15) is 0 Å². The van der Waals surface area contributed by atoms with Gasteiger partial charge in [-0.25, -0.2) is 0 Å². The van der Waals surface area contributed by atoms with Gasteiger partial charge in [0.25, 0.3) is 0 Å². The Morgan fingerprint density at radius 1 is 1.20 bits per heavy atom. The zero-order valence-corrected chi connectivity index (χ0v) is 11.9. The minimum absolute atomic E-state index is 0.273. The molecule has 0 radical (unpaired) electrons. The Kier molecular flexibility index (Phi) is 3.86. The van der Waals surface area contributed by atoms with Crippen molar-refractivity contribution in [3.8, 4) is 0 Å². The normalized spacial score (nSPS) is 26.8. The van der Waals surface area contributed by atoms with Gasteiger partial charge in [0.05, 0.1) is 13.2 Å². The molecule has 20 heavy (non-hydrogen) atoms. The molecule has 2 fully saturated rings. The third-order valence-electron chi connectivity index (χ3n) is 3.96. The van der Waals surface area contributed by atoms with Crippen LogP contribution in [0.25, 0.3) is 0 Å². The number of hydrogen-bond donors (Lipinski definition) is 2. The summed E-state index contributed by atoms with van der Waals surface area (Å²) in [5.74, 6) is 2.29. The first-order valence-electron chi connectivity index (χ1n) is 7.31. The van der Waals surface area contributed by atoms with E-state index in [4.69, 9.17) is 10.5 Å². The van der Waals surface area contributed by atoms with Crippen molar-refractivity contribution in [3.05, 3.63) is 0 Å². The van der Waals surface area contributed by atoms with Crippen LogP contribution in [0.1, 0.15) is 26.2 Å². The number of rotatable bonds is 3. The molecule has 2 aliphatic rings. The maximum atomic E-state index is 5.81. The molecule has 1 aromatic rings. The van der Waals surface area contributed by atoms with E-state index in [1.54, 1.807) is 0 Å². The predicted octanol–water partition coefficient (Wildman–Crippen LogP) is 0.891. The highest BCUT2D eigenvalue weighted by atomic mass is 16.5. The van der Waals surface area contributed by atoms with E-state index in [1.807, 2.05) is 0 Å².